The van der Waals surface area contributed by atoms with Crippen LogP contribution in [0.3, 0.4) is 0 Å². The maximum absolute atomic E-state index is 12.5. The molecule has 1 atom stereocenters. The third kappa shape index (κ3) is 4.44. The van der Waals surface area contributed by atoms with Gasteiger partial charge in [0.25, 0.3) is 0 Å². The molecular weight excluding hydrogens is 268 g/mol. The van der Waals surface area contributed by atoms with E-state index in [-0.39, 0.29) is 17.9 Å². The van der Waals surface area contributed by atoms with Crippen LogP contribution in [0.2, 0.25) is 0 Å². The van der Waals surface area contributed by atoms with Gasteiger partial charge in [-0.3, -0.25) is 4.79 Å². The Balaban J connectivity index is 1.92. The van der Waals surface area contributed by atoms with Gasteiger partial charge >= 0.3 is 0 Å². The van der Waals surface area contributed by atoms with Crippen LogP contribution in [0.1, 0.15) is 70.6 Å². The predicted octanol–water partition coefficient (Wildman–Crippen LogP) is 3.31. The Bertz CT molecular complexity index is 331. The number of carbonyl (C=O) groups is 1. The molecule has 0 aliphatic heterocycles. The molecule has 20 heavy (non-hydrogen) atoms. The summed E-state index contributed by atoms with van der Waals surface area (Å²) < 4.78 is 0. The first-order chi connectivity index (χ1) is 9.68. The molecule has 0 aromatic carbocycles. The highest BCUT2D eigenvalue weighted by Crippen LogP contribution is 2.28. The van der Waals surface area contributed by atoms with Crippen molar-refractivity contribution >= 4 is 23.1 Å². The Morgan fingerprint density at radius 3 is 2.00 bits per heavy atom. The number of nitrogens with two attached hydrogens (primary N) is 1. The van der Waals surface area contributed by atoms with Gasteiger partial charge in [-0.2, -0.15) is 0 Å². The van der Waals surface area contributed by atoms with E-state index in [9.17, 15) is 4.79 Å². The highest BCUT2D eigenvalue weighted by Gasteiger charge is 2.29. The molecule has 1 amide bonds. The van der Waals surface area contributed by atoms with E-state index in [1.807, 2.05) is 0 Å². The van der Waals surface area contributed by atoms with E-state index in [4.69, 9.17) is 18.0 Å². The summed E-state index contributed by atoms with van der Waals surface area (Å²) in [4.78, 5) is 13.0. The Labute approximate surface area is 128 Å². The van der Waals surface area contributed by atoms with E-state index in [2.05, 4.69) is 5.32 Å². The lowest BCUT2D eigenvalue weighted by atomic mass is 9.83. The summed E-state index contributed by atoms with van der Waals surface area (Å²) in [6.07, 6.45) is 13.0. The Morgan fingerprint density at radius 1 is 0.950 bits per heavy atom. The third-order valence-electron chi connectivity index (χ3n) is 4.95. The topological polar surface area (TPSA) is 55.1 Å². The van der Waals surface area contributed by atoms with Crippen LogP contribution in [0.15, 0.2) is 0 Å². The molecule has 2 fully saturated rings. The van der Waals surface area contributed by atoms with Crippen molar-refractivity contribution in [1.29, 1.82) is 0 Å². The number of carbonyl (C=O) groups excluding carboxylic acids is 1. The second-order valence-corrected chi connectivity index (χ2v) is 6.95. The zero-order valence-electron chi connectivity index (χ0n) is 12.4. The fourth-order valence-corrected chi connectivity index (χ4v) is 3.95. The normalized spacial score (nSPS) is 23.8. The van der Waals surface area contributed by atoms with Gasteiger partial charge in [-0.25, -0.2) is 0 Å². The van der Waals surface area contributed by atoms with Crippen molar-refractivity contribution < 1.29 is 4.79 Å². The standard InChI is InChI=1S/C16H28N2OS/c17-15(20)14(12-8-6-3-7-9-12)18-16(19)13-10-4-1-2-5-11-13/h12-14H,1-11H2,(H2,17,20)(H,18,19). The fourth-order valence-electron chi connectivity index (χ4n) is 3.70. The summed E-state index contributed by atoms with van der Waals surface area (Å²) in [6, 6.07) is -0.0824. The van der Waals surface area contributed by atoms with Crippen LogP contribution in [-0.2, 0) is 4.79 Å². The summed E-state index contributed by atoms with van der Waals surface area (Å²) in [5.74, 6) is 0.823. The largest absolute Gasteiger partial charge is 0.392 e. The minimum Gasteiger partial charge on any atom is -0.392 e. The van der Waals surface area contributed by atoms with Crippen LogP contribution in [0, 0.1) is 11.8 Å². The summed E-state index contributed by atoms with van der Waals surface area (Å²) >= 11 is 5.21. The molecular formula is C16H28N2OS. The number of thiocarbonyl (C=S) groups is 1. The molecule has 0 saturated heterocycles. The zero-order chi connectivity index (χ0) is 14.4. The average Bonchev–Trinajstić information content (AvgIpc) is 2.74. The van der Waals surface area contributed by atoms with E-state index in [0.29, 0.717) is 10.9 Å². The van der Waals surface area contributed by atoms with Crippen molar-refractivity contribution in [1.82, 2.24) is 5.32 Å². The maximum atomic E-state index is 12.5. The molecule has 2 saturated carbocycles. The van der Waals surface area contributed by atoms with Crippen LogP contribution in [-0.4, -0.2) is 16.9 Å². The molecule has 0 spiro atoms. The number of amides is 1. The first kappa shape index (κ1) is 15.7. The fraction of sp³-hybridized carbons (Fsp3) is 0.875. The molecule has 0 heterocycles. The van der Waals surface area contributed by atoms with Gasteiger partial charge in [-0.05, 0) is 31.6 Å². The van der Waals surface area contributed by atoms with Crippen LogP contribution < -0.4 is 11.1 Å². The molecule has 3 N–H and O–H groups in total. The smallest absolute Gasteiger partial charge is 0.223 e. The van der Waals surface area contributed by atoms with Crippen molar-refractivity contribution in [3.05, 3.63) is 0 Å². The SMILES string of the molecule is NC(=S)C(NC(=O)C1CCCCCC1)C1CCCCC1. The van der Waals surface area contributed by atoms with Crippen LogP contribution in [0.5, 0.6) is 0 Å². The van der Waals surface area contributed by atoms with E-state index in [1.165, 1.54) is 44.9 Å². The first-order valence-corrected chi connectivity index (χ1v) is 8.69. The third-order valence-corrected chi connectivity index (χ3v) is 5.21. The lowest BCUT2D eigenvalue weighted by molar-refractivity contribution is -0.126. The van der Waals surface area contributed by atoms with Gasteiger partial charge in [0.05, 0.1) is 11.0 Å². The van der Waals surface area contributed by atoms with Crippen molar-refractivity contribution in [3.63, 3.8) is 0 Å². The van der Waals surface area contributed by atoms with Gasteiger partial charge in [0, 0.05) is 5.92 Å². The molecule has 2 aliphatic carbocycles. The second-order valence-electron chi connectivity index (χ2n) is 6.48. The van der Waals surface area contributed by atoms with E-state index >= 15 is 0 Å². The molecule has 2 rings (SSSR count). The van der Waals surface area contributed by atoms with E-state index < -0.39 is 0 Å². The summed E-state index contributed by atoms with van der Waals surface area (Å²) in [5, 5.41) is 3.18. The van der Waals surface area contributed by atoms with Gasteiger partial charge in [0.15, 0.2) is 0 Å². The minimum absolute atomic E-state index is 0.0824. The van der Waals surface area contributed by atoms with Crippen LogP contribution in [0.25, 0.3) is 0 Å². The molecule has 4 heteroatoms. The van der Waals surface area contributed by atoms with Crippen molar-refractivity contribution in [2.45, 2.75) is 76.7 Å². The minimum atomic E-state index is -0.0824. The lowest BCUT2D eigenvalue weighted by Gasteiger charge is -2.31. The van der Waals surface area contributed by atoms with Gasteiger partial charge in [-0.15, -0.1) is 0 Å². The summed E-state index contributed by atoms with van der Waals surface area (Å²) in [5.41, 5.74) is 5.89. The van der Waals surface area contributed by atoms with Crippen molar-refractivity contribution in [2.75, 3.05) is 0 Å². The van der Waals surface area contributed by atoms with Crippen LogP contribution >= 0.6 is 12.2 Å². The average molecular weight is 296 g/mol. The molecule has 114 valence electrons. The van der Waals surface area contributed by atoms with Gasteiger partial charge in [-0.1, -0.05) is 57.2 Å². The monoisotopic (exact) mass is 296 g/mol. The Hall–Kier alpha value is -0.640. The number of hydrogen-bond donors (Lipinski definition) is 2. The van der Waals surface area contributed by atoms with Gasteiger partial charge < -0.3 is 11.1 Å². The first-order valence-electron chi connectivity index (χ1n) is 8.28. The molecule has 1 unspecified atom stereocenters. The molecule has 0 bridgehead atoms. The van der Waals surface area contributed by atoms with Crippen LogP contribution in [0.4, 0.5) is 0 Å². The van der Waals surface area contributed by atoms with E-state index in [1.54, 1.807) is 0 Å². The lowest BCUT2D eigenvalue weighted by Crippen LogP contribution is -2.50. The molecule has 3 nitrogen and oxygen atoms in total. The summed E-state index contributed by atoms with van der Waals surface area (Å²) in [6.45, 7) is 0. The molecule has 2 aliphatic rings. The maximum Gasteiger partial charge on any atom is 0.223 e. The second kappa shape index (κ2) is 7.96. The van der Waals surface area contributed by atoms with E-state index in [0.717, 1.165) is 25.7 Å². The highest BCUT2D eigenvalue weighted by molar-refractivity contribution is 7.80. The number of hydrogen-bond acceptors (Lipinski definition) is 2. The van der Waals surface area contributed by atoms with Gasteiger partial charge in [0.1, 0.15) is 0 Å². The molecule has 0 aromatic rings. The van der Waals surface area contributed by atoms with Crippen molar-refractivity contribution in [3.8, 4) is 0 Å². The Kier molecular flexibility index (Phi) is 6.27. The zero-order valence-corrected chi connectivity index (χ0v) is 13.2. The highest BCUT2D eigenvalue weighted by atomic mass is 32.1. The summed E-state index contributed by atoms with van der Waals surface area (Å²) in [7, 11) is 0. The number of rotatable bonds is 4. The molecule has 0 radical (unpaired) electrons. The predicted molar refractivity (Wildman–Crippen MR) is 86.5 cm³/mol. The Morgan fingerprint density at radius 2 is 1.45 bits per heavy atom. The number of nitrogens with one attached hydrogen (secondary N) is 1. The quantitative estimate of drug-likeness (QED) is 0.618. The molecule has 0 aromatic heterocycles. The van der Waals surface area contributed by atoms with Gasteiger partial charge in [0.2, 0.25) is 5.91 Å². The van der Waals surface area contributed by atoms with Crippen molar-refractivity contribution in [2.24, 2.45) is 17.6 Å².